The standard InChI is InChI=1S/C22H25ClN2O4/c1-28-17-11-16(12-18(13-17)29-2)22(27)25(14-15-7-3-4-8-19(15)23)20-9-5-6-10-24-21(20)26/h3-4,7-8,11-13,20H,5-6,9-10,14H2,1-2H3,(H,24,26). The first-order valence-corrected chi connectivity index (χ1v) is 9.96. The number of hydrogen-bond acceptors (Lipinski definition) is 4. The van der Waals surface area contributed by atoms with Crippen molar-refractivity contribution >= 4 is 23.4 Å². The van der Waals surface area contributed by atoms with Crippen LogP contribution in [0.5, 0.6) is 11.5 Å². The van der Waals surface area contributed by atoms with E-state index in [2.05, 4.69) is 5.32 Å². The van der Waals surface area contributed by atoms with Gasteiger partial charge in [0.05, 0.1) is 14.2 Å². The first-order chi connectivity index (χ1) is 14.0. The third kappa shape index (κ3) is 5.01. The van der Waals surface area contributed by atoms with Gasteiger partial charge in [-0.05, 0) is 43.0 Å². The Hall–Kier alpha value is -2.73. The van der Waals surface area contributed by atoms with Crippen molar-refractivity contribution in [2.45, 2.75) is 31.8 Å². The number of halogens is 1. The van der Waals surface area contributed by atoms with Gasteiger partial charge in [-0.25, -0.2) is 0 Å². The van der Waals surface area contributed by atoms with E-state index in [1.54, 1.807) is 29.2 Å². The molecule has 1 heterocycles. The molecule has 1 saturated heterocycles. The van der Waals surface area contributed by atoms with Gasteiger partial charge >= 0.3 is 0 Å². The Bertz CT molecular complexity index is 865. The maximum absolute atomic E-state index is 13.5. The molecule has 0 spiro atoms. The Morgan fingerprint density at radius 1 is 1.14 bits per heavy atom. The number of carbonyl (C=O) groups excluding carboxylic acids is 2. The summed E-state index contributed by atoms with van der Waals surface area (Å²) in [6.07, 6.45) is 2.35. The van der Waals surface area contributed by atoms with Gasteiger partial charge in [-0.1, -0.05) is 29.8 Å². The van der Waals surface area contributed by atoms with Crippen LogP contribution in [0.3, 0.4) is 0 Å². The van der Waals surface area contributed by atoms with Gasteiger partial charge in [-0.15, -0.1) is 0 Å². The minimum Gasteiger partial charge on any atom is -0.497 e. The quantitative estimate of drug-likeness (QED) is 0.780. The molecule has 1 unspecified atom stereocenters. The highest BCUT2D eigenvalue weighted by atomic mass is 35.5. The summed E-state index contributed by atoms with van der Waals surface area (Å²) in [4.78, 5) is 27.9. The average Bonchev–Trinajstić information content (AvgIpc) is 2.96. The molecular formula is C22H25ClN2O4. The normalized spacial score (nSPS) is 16.5. The molecule has 1 atom stereocenters. The number of benzene rings is 2. The van der Waals surface area contributed by atoms with Gasteiger partial charge in [-0.2, -0.15) is 0 Å². The number of carbonyl (C=O) groups is 2. The van der Waals surface area contributed by atoms with Gasteiger partial charge in [0.1, 0.15) is 17.5 Å². The molecule has 29 heavy (non-hydrogen) atoms. The molecule has 2 amide bonds. The number of rotatable bonds is 6. The Labute approximate surface area is 175 Å². The molecule has 0 saturated carbocycles. The van der Waals surface area contributed by atoms with Crippen LogP contribution in [0.25, 0.3) is 0 Å². The molecule has 2 aromatic rings. The average molecular weight is 417 g/mol. The van der Waals surface area contributed by atoms with Crippen molar-refractivity contribution in [2.75, 3.05) is 20.8 Å². The molecule has 2 aromatic carbocycles. The first kappa shape index (κ1) is 21.0. The maximum Gasteiger partial charge on any atom is 0.255 e. The monoisotopic (exact) mass is 416 g/mol. The minimum absolute atomic E-state index is 0.141. The van der Waals surface area contributed by atoms with Crippen LogP contribution in [-0.2, 0) is 11.3 Å². The van der Waals surface area contributed by atoms with Crippen molar-refractivity contribution in [2.24, 2.45) is 0 Å². The molecule has 1 fully saturated rings. The summed E-state index contributed by atoms with van der Waals surface area (Å²) < 4.78 is 10.6. The van der Waals surface area contributed by atoms with Gasteiger partial charge < -0.3 is 19.7 Å². The van der Waals surface area contributed by atoms with Crippen LogP contribution in [0, 0.1) is 0 Å². The van der Waals surface area contributed by atoms with Crippen molar-refractivity contribution in [3.8, 4) is 11.5 Å². The maximum atomic E-state index is 13.5. The van der Waals surface area contributed by atoms with E-state index in [0.29, 0.717) is 35.1 Å². The lowest BCUT2D eigenvalue weighted by atomic mass is 10.0. The Kier molecular flexibility index (Phi) is 6.99. The molecular weight excluding hydrogens is 392 g/mol. The van der Waals surface area contributed by atoms with Gasteiger partial charge in [0.2, 0.25) is 5.91 Å². The van der Waals surface area contributed by atoms with Gasteiger partial charge in [-0.3, -0.25) is 9.59 Å². The fourth-order valence-corrected chi connectivity index (χ4v) is 3.65. The van der Waals surface area contributed by atoms with Crippen LogP contribution in [0.1, 0.15) is 35.2 Å². The van der Waals surface area contributed by atoms with Gasteiger partial charge in [0.15, 0.2) is 0 Å². The molecule has 154 valence electrons. The van der Waals surface area contributed by atoms with E-state index < -0.39 is 6.04 Å². The third-order valence-electron chi connectivity index (χ3n) is 5.04. The van der Waals surface area contributed by atoms with Crippen LogP contribution >= 0.6 is 11.6 Å². The Morgan fingerprint density at radius 2 is 1.83 bits per heavy atom. The van der Waals surface area contributed by atoms with Crippen LogP contribution < -0.4 is 14.8 Å². The van der Waals surface area contributed by atoms with Gasteiger partial charge in [0.25, 0.3) is 5.91 Å². The van der Waals surface area contributed by atoms with E-state index >= 15 is 0 Å². The van der Waals surface area contributed by atoms with E-state index in [9.17, 15) is 9.59 Å². The fourth-order valence-electron chi connectivity index (χ4n) is 3.45. The van der Waals surface area contributed by atoms with E-state index in [0.717, 1.165) is 18.4 Å². The molecule has 1 N–H and O–H groups in total. The number of nitrogens with one attached hydrogen (secondary N) is 1. The minimum atomic E-state index is -0.571. The summed E-state index contributed by atoms with van der Waals surface area (Å²) in [5, 5.41) is 3.47. The van der Waals surface area contributed by atoms with E-state index in [1.165, 1.54) is 14.2 Å². The SMILES string of the molecule is COc1cc(OC)cc(C(=O)N(Cc2ccccc2Cl)C2CCCCNC2=O)c1. The summed E-state index contributed by atoms with van der Waals surface area (Å²) in [6.45, 7) is 0.854. The Morgan fingerprint density at radius 3 is 2.48 bits per heavy atom. The van der Waals surface area contributed by atoms with Crippen molar-refractivity contribution < 1.29 is 19.1 Å². The lowest BCUT2D eigenvalue weighted by Gasteiger charge is -2.30. The van der Waals surface area contributed by atoms with E-state index in [-0.39, 0.29) is 18.4 Å². The lowest BCUT2D eigenvalue weighted by molar-refractivity contribution is -0.125. The van der Waals surface area contributed by atoms with Crippen molar-refractivity contribution in [1.29, 1.82) is 0 Å². The summed E-state index contributed by atoms with van der Waals surface area (Å²) in [5.74, 6) is 0.605. The lowest BCUT2D eigenvalue weighted by Crippen LogP contribution is -2.48. The Balaban J connectivity index is 2.00. The number of ether oxygens (including phenoxy) is 2. The van der Waals surface area contributed by atoms with Gasteiger partial charge in [0, 0.05) is 29.7 Å². The highest BCUT2D eigenvalue weighted by Crippen LogP contribution is 2.27. The second-order valence-electron chi connectivity index (χ2n) is 6.93. The zero-order valence-electron chi connectivity index (χ0n) is 16.6. The van der Waals surface area contributed by atoms with Crippen LogP contribution in [0.15, 0.2) is 42.5 Å². The zero-order valence-corrected chi connectivity index (χ0v) is 17.4. The fraction of sp³-hybridized carbons (Fsp3) is 0.364. The highest BCUT2D eigenvalue weighted by molar-refractivity contribution is 6.31. The summed E-state index contributed by atoms with van der Waals surface area (Å²) in [6, 6.07) is 11.8. The molecule has 0 aromatic heterocycles. The molecule has 3 rings (SSSR count). The summed E-state index contributed by atoms with van der Waals surface area (Å²) in [5.41, 5.74) is 1.18. The summed E-state index contributed by atoms with van der Waals surface area (Å²) in [7, 11) is 3.06. The third-order valence-corrected chi connectivity index (χ3v) is 5.41. The number of amides is 2. The number of methoxy groups -OCH3 is 2. The van der Waals surface area contributed by atoms with Crippen LogP contribution in [0.4, 0.5) is 0 Å². The van der Waals surface area contributed by atoms with Crippen LogP contribution in [0.2, 0.25) is 5.02 Å². The largest absolute Gasteiger partial charge is 0.497 e. The zero-order chi connectivity index (χ0) is 20.8. The molecule has 0 bridgehead atoms. The molecule has 1 aliphatic heterocycles. The molecule has 0 aliphatic carbocycles. The molecule has 6 nitrogen and oxygen atoms in total. The van der Waals surface area contributed by atoms with E-state index in [4.69, 9.17) is 21.1 Å². The number of nitrogens with zero attached hydrogens (tertiary/aromatic N) is 1. The second kappa shape index (κ2) is 9.65. The number of hydrogen-bond donors (Lipinski definition) is 1. The highest BCUT2D eigenvalue weighted by Gasteiger charge is 2.32. The topological polar surface area (TPSA) is 67.9 Å². The summed E-state index contributed by atoms with van der Waals surface area (Å²) >= 11 is 6.34. The molecule has 1 aliphatic rings. The smallest absolute Gasteiger partial charge is 0.255 e. The van der Waals surface area contributed by atoms with Crippen molar-refractivity contribution in [1.82, 2.24) is 10.2 Å². The van der Waals surface area contributed by atoms with E-state index in [1.807, 2.05) is 18.2 Å². The predicted molar refractivity (Wildman–Crippen MR) is 112 cm³/mol. The molecule has 0 radical (unpaired) electrons. The first-order valence-electron chi connectivity index (χ1n) is 9.58. The van der Waals surface area contributed by atoms with Crippen molar-refractivity contribution in [3.05, 3.63) is 58.6 Å². The van der Waals surface area contributed by atoms with Crippen LogP contribution in [-0.4, -0.2) is 43.5 Å². The second-order valence-corrected chi connectivity index (χ2v) is 7.34. The predicted octanol–water partition coefficient (Wildman–Crippen LogP) is 3.67. The molecule has 7 heteroatoms. The van der Waals surface area contributed by atoms with Crippen molar-refractivity contribution in [3.63, 3.8) is 0 Å².